The van der Waals surface area contributed by atoms with Gasteiger partial charge in [-0.15, -0.1) is 0 Å². The molecular weight excluding hydrogens is 216 g/mol. The van der Waals surface area contributed by atoms with Gasteiger partial charge in [-0.1, -0.05) is 12.2 Å². The fourth-order valence-electron chi connectivity index (χ4n) is 4.00. The van der Waals surface area contributed by atoms with E-state index < -0.39 is 0 Å². The van der Waals surface area contributed by atoms with Crippen LogP contribution in [0, 0.1) is 23.7 Å². The molecule has 3 aliphatic carbocycles. The number of hydrogen-bond donors (Lipinski definition) is 1. The molecule has 5 atom stereocenters. The molecule has 0 radical (unpaired) electrons. The molecule has 0 unspecified atom stereocenters. The highest BCUT2D eigenvalue weighted by Crippen LogP contribution is 2.56. The van der Waals surface area contributed by atoms with Gasteiger partial charge in [-0.05, 0) is 55.2 Å². The fraction of sp³-hybridized carbons (Fsp3) is 0.769. The maximum absolute atomic E-state index is 5.35. The van der Waals surface area contributed by atoms with Crippen LogP contribution in [0.2, 0.25) is 0 Å². The van der Waals surface area contributed by atoms with Gasteiger partial charge in [-0.2, -0.15) is 0 Å². The predicted molar refractivity (Wildman–Crippen MR) is 70.2 cm³/mol. The van der Waals surface area contributed by atoms with Crippen molar-refractivity contribution in [3.63, 3.8) is 0 Å². The minimum absolute atomic E-state index is 0.629. The summed E-state index contributed by atoms with van der Waals surface area (Å²) in [6, 6.07) is 0.629. The van der Waals surface area contributed by atoms with Crippen LogP contribution in [0.4, 0.5) is 0 Å². The number of nitrogens with one attached hydrogen (secondary N) is 1. The van der Waals surface area contributed by atoms with Crippen LogP contribution in [0.3, 0.4) is 0 Å². The van der Waals surface area contributed by atoms with Crippen molar-refractivity contribution in [2.45, 2.75) is 25.3 Å². The topological polar surface area (TPSA) is 15.3 Å². The Labute approximate surface area is 103 Å². The largest absolute Gasteiger partial charge is 0.360 e. The summed E-state index contributed by atoms with van der Waals surface area (Å²) in [5.74, 6) is 3.61. The van der Waals surface area contributed by atoms with Crippen LogP contribution in [0.1, 0.15) is 19.3 Å². The number of rotatable bonds is 1. The summed E-state index contributed by atoms with van der Waals surface area (Å²) in [4.78, 5) is 2.00. The van der Waals surface area contributed by atoms with Gasteiger partial charge >= 0.3 is 0 Å². The average Bonchev–Trinajstić information content (AvgIpc) is 2.87. The van der Waals surface area contributed by atoms with Crippen LogP contribution < -0.4 is 5.32 Å². The number of hydrogen-bond acceptors (Lipinski definition) is 1. The molecule has 3 rings (SSSR count). The van der Waals surface area contributed by atoms with Crippen LogP contribution in [0.25, 0.3) is 0 Å². The molecule has 0 aromatic rings. The van der Waals surface area contributed by atoms with Crippen molar-refractivity contribution in [1.82, 2.24) is 10.2 Å². The van der Waals surface area contributed by atoms with Gasteiger partial charge < -0.3 is 10.2 Å². The number of thiocarbonyl (C=S) groups is 1. The van der Waals surface area contributed by atoms with Gasteiger partial charge in [-0.25, -0.2) is 0 Å². The van der Waals surface area contributed by atoms with E-state index in [1.807, 2.05) is 19.0 Å². The van der Waals surface area contributed by atoms with E-state index in [4.69, 9.17) is 12.2 Å². The Kier molecular flexibility index (Phi) is 2.46. The molecule has 2 saturated carbocycles. The summed E-state index contributed by atoms with van der Waals surface area (Å²) in [5, 5.41) is 4.44. The first-order valence-corrected chi connectivity index (χ1v) is 6.72. The van der Waals surface area contributed by atoms with E-state index in [0.29, 0.717) is 6.04 Å². The van der Waals surface area contributed by atoms with E-state index in [0.717, 1.165) is 28.8 Å². The van der Waals surface area contributed by atoms with Crippen molar-refractivity contribution in [3.8, 4) is 0 Å². The standard InChI is InChI=1S/C13H20N2S/c1-15(2)13(16)14-12-7-8-6-11(12)10-5-3-4-9(8)10/h3,5,8-12H,4,6-7H2,1-2H3,(H,14,16)/t8-,9-,10-,11-,12+/m0/s1. The average molecular weight is 236 g/mol. The van der Waals surface area contributed by atoms with Gasteiger partial charge in [0.2, 0.25) is 0 Å². The van der Waals surface area contributed by atoms with Crippen molar-refractivity contribution < 1.29 is 0 Å². The van der Waals surface area contributed by atoms with Crippen molar-refractivity contribution in [1.29, 1.82) is 0 Å². The van der Waals surface area contributed by atoms with Gasteiger partial charge in [0.15, 0.2) is 5.11 Å². The van der Waals surface area contributed by atoms with Gasteiger partial charge in [0, 0.05) is 20.1 Å². The third kappa shape index (κ3) is 1.48. The molecule has 0 amide bonds. The van der Waals surface area contributed by atoms with Crippen molar-refractivity contribution >= 4 is 17.3 Å². The molecule has 2 nitrogen and oxygen atoms in total. The Morgan fingerprint density at radius 3 is 2.88 bits per heavy atom. The molecule has 0 aliphatic heterocycles. The summed E-state index contributed by atoms with van der Waals surface area (Å²) in [7, 11) is 4.03. The Morgan fingerprint density at radius 2 is 2.12 bits per heavy atom. The van der Waals surface area contributed by atoms with E-state index in [-0.39, 0.29) is 0 Å². The zero-order valence-electron chi connectivity index (χ0n) is 10.0. The van der Waals surface area contributed by atoms with E-state index in [1.165, 1.54) is 19.3 Å². The lowest BCUT2D eigenvalue weighted by atomic mass is 9.79. The molecule has 88 valence electrons. The van der Waals surface area contributed by atoms with E-state index in [9.17, 15) is 0 Å². The lowest BCUT2D eigenvalue weighted by Gasteiger charge is -2.33. The second-order valence-electron chi connectivity index (χ2n) is 5.75. The third-order valence-corrected chi connectivity index (χ3v) is 5.21. The van der Waals surface area contributed by atoms with Crippen LogP contribution in [0.15, 0.2) is 12.2 Å². The van der Waals surface area contributed by atoms with Crippen molar-refractivity contribution in [2.75, 3.05) is 14.1 Å². The zero-order valence-corrected chi connectivity index (χ0v) is 10.8. The van der Waals surface area contributed by atoms with Gasteiger partial charge in [0.1, 0.15) is 0 Å². The molecule has 3 heteroatoms. The normalized spacial score (nSPS) is 43.5. The zero-order chi connectivity index (χ0) is 11.3. The molecule has 0 heterocycles. The Hall–Kier alpha value is -0.570. The maximum atomic E-state index is 5.35. The smallest absolute Gasteiger partial charge is 0.168 e. The van der Waals surface area contributed by atoms with Gasteiger partial charge in [0.05, 0.1) is 0 Å². The Balaban J connectivity index is 1.68. The van der Waals surface area contributed by atoms with Crippen molar-refractivity contribution in [3.05, 3.63) is 12.2 Å². The first kappa shape index (κ1) is 10.6. The molecule has 0 saturated heterocycles. The van der Waals surface area contributed by atoms with Gasteiger partial charge in [0.25, 0.3) is 0 Å². The Bertz CT molecular complexity index is 337. The molecule has 1 N–H and O–H groups in total. The molecule has 0 aromatic heterocycles. The molecule has 2 bridgehead atoms. The monoisotopic (exact) mass is 236 g/mol. The van der Waals surface area contributed by atoms with Crippen LogP contribution in [0.5, 0.6) is 0 Å². The molecule has 3 aliphatic rings. The maximum Gasteiger partial charge on any atom is 0.168 e. The predicted octanol–water partition coefficient (Wildman–Crippen LogP) is 2.02. The fourth-order valence-corrected chi connectivity index (χ4v) is 4.15. The number of allylic oxidation sites excluding steroid dienone is 2. The van der Waals surface area contributed by atoms with E-state index in [2.05, 4.69) is 17.5 Å². The first-order valence-electron chi connectivity index (χ1n) is 6.31. The molecular formula is C13H20N2S. The first-order chi connectivity index (χ1) is 7.66. The van der Waals surface area contributed by atoms with Crippen LogP contribution in [-0.2, 0) is 0 Å². The summed E-state index contributed by atoms with van der Waals surface area (Å²) >= 11 is 5.35. The second kappa shape index (κ2) is 3.73. The minimum atomic E-state index is 0.629. The van der Waals surface area contributed by atoms with E-state index in [1.54, 1.807) is 0 Å². The molecule has 0 aromatic carbocycles. The SMILES string of the molecule is CN(C)C(=S)N[C@@H]1C[C@@H]2C[C@H]1[C@H]1C=CC[C@@H]21. The Morgan fingerprint density at radius 1 is 1.31 bits per heavy atom. The summed E-state index contributed by atoms with van der Waals surface area (Å²) in [6.07, 6.45) is 8.94. The van der Waals surface area contributed by atoms with Crippen LogP contribution >= 0.6 is 12.2 Å². The lowest BCUT2D eigenvalue weighted by Crippen LogP contribution is -2.46. The summed E-state index contributed by atoms with van der Waals surface area (Å²) < 4.78 is 0. The summed E-state index contributed by atoms with van der Waals surface area (Å²) in [5.41, 5.74) is 0. The summed E-state index contributed by atoms with van der Waals surface area (Å²) in [6.45, 7) is 0. The number of fused-ring (bicyclic) bond motifs is 5. The second-order valence-corrected chi connectivity index (χ2v) is 6.14. The van der Waals surface area contributed by atoms with Crippen molar-refractivity contribution in [2.24, 2.45) is 23.7 Å². The third-order valence-electron chi connectivity index (χ3n) is 4.72. The highest BCUT2D eigenvalue weighted by atomic mass is 32.1. The molecule has 16 heavy (non-hydrogen) atoms. The highest BCUT2D eigenvalue weighted by Gasteiger charge is 2.52. The van der Waals surface area contributed by atoms with E-state index >= 15 is 0 Å². The number of nitrogens with zero attached hydrogens (tertiary/aromatic N) is 1. The van der Waals surface area contributed by atoms with Crippen LogP contribution in [-0.4, -0.2) is 30.1 Å². The lowest BCUT2D eigenvalue weighted by molar-refractivity contribution is 0.244. The molecule has 0 spiro atoms. The van der Waals surface area contributed by atoms with Gasteiger partial charge in [-0.3, -0.25) is 0 Å². The minimum Gasteiger partial charge on any atom is -0.360 e. The molecule has 2 fully saturated rings. The highest BCUT2D eigenvalue weighted by molar-refractivity contribution is 7.80. The quantitative estimate of drug-likeness (QED) is 0.554.